The molecule has 4 amide bonds. The number of amides is 4. The standard InChI is InChI=1S/C19H31N7O6/c1-9(2)4-12(17(29)26-14(19(31)32)6-15(21)27)25-18(30)13(24-16(28)10(3)20)5-11-7-22-8-23-11/h7-10,12-14H,4-6,20H2,1-3H3,(H2,21,27)(H,22,23)(H,24,28)(H,25,30)(H,26,29)(H,31,32). The summed E-state index contributed by atoms with van der Waals surface area (Å²) < 4.78 is 0. The smallest absolute Gasteiger partial charge is 0.326 e. The molecule has 0 saturated heterocycles. The maximum Gasteiger partial charge on any atom is 0.326 e. The zero-order valence-corrected chi connectivity index (χ0v) is 18.3. The lowest BCUT2D eigenvalue weighted by Crippen LogP contribution is -2.57. The molecule has 1 heterocycles. The van der Waals surface area contributed by atoms with Gasteiger partial charge in [0.2, 0.25) is 23.6 Å². The number of aromatic amines is 1. The molecule has 0 bridgehead atoms. The molecule has 0 aromatic carbocycles. The van der Waals surface area contributed by atoms with Gasteiger partial charge in [-0.25, -0.2) is 9.78 Å². The number of nitrogens with one attached hydrogen (secondary N) is 4. The number of imidazole rings is 1. The first kappa shape index (κ1) is 26.6. The molecule has 0 aliphatic rings. The number of hydrogen-bond donors (Lipinski definition) is 7. The quantitative estimate of drug-likeness (QED) is 0.172. The third-order valence-electron chi connectivity index (χ3n) is 4.39. The van der Waals surface area contributed by atoms with E-state index < -0.39 is 60.2 Å². The summed E-state index contributed by atoms with van der Waals surface area (Å²) in [6.45, 7) is 5.08. The van der Waals surface area contributed by atoms with Gasteiger partial charge < -0.3 is 37.5 Å². The molecule has 0 aliphatic heterocycles. The van der Waals surface area contributed by atoms with Crippen molar-refractivity contribution >= 4 is 29.6 Å². The van der Waals surface area contributed by atoms with Crippen LogP contribution in [0.5, 0.6) is 0 Å². The lowest BCUT2D eigenvalue weighted by atomic mass is 10.0. The molecule has 32 heavy (non-hydrogen) atoms. The minimum atomic E-state index is -1.54. The number of hydrogen-bond acceptors (Lipinski definition) is 7. The van der Waals surface area contributed by atoms with Crippen LogP contribution in [-0.4, -0.2) is 68.8 Å². The third-order valence-corrected chi connectivity index (χ3v) is 4.39. The van der Waals surface area contributed by atoms with Crippen molar-refractivity contribution < 1.29 is 29.1 Å². The first-order valence-electron chi connectivity index (χ1n) is 10.1. The lowest BCUT2D eigenvalue weighted by molar-refractivity contribution is -0.143. The van der Waals surface area contributed by atoms with E-state index in [1.807, 2.05) is 13.8 Å². The summed E-state index contributed by atoms with van der Waals surface area (Å²) in [4.78, 5) is 66.9. The summed E-state index contributed by atoms with van der Waals surface area (Å²) >= 11 is 0. The molecule has 0 fully saturated rings. The zero-order valence-electron chi connectivity index (χ0n) is 18.3. The number of aliphatic carboxylic acids is 1. The summed E-state index contributed by atoms with van der Waals surface area (Å²) in [5.41, 5.74) is 11.2. The van der Waals surface area contributed by atoms with Crippen LogP contribution < -0.4 is 27.4 Å². The molecule has 13 heteroatoms. The van der Waals surface area contributed by atoms with E-state index >= 15 is 0 Å². The molecule has 178 valence electrons. The second kappa shape index (κ2) is 12.4. The first-order valence-corrected chi connectivity index (χ1v) is 10.1. The van der Waals surface area contributed by atoms with Gasteiger partial charge >= 0.3 is 5.97 Å². The molecule has 1 rings (SSSR count). The lowest BCUT2D eigenvalue weighted by Gasteiger charge is -2.25. The van der Waals surface area contributed by atoms with Gasteiger partial charge in [-0.05, 0) is 19.3 Å². The van der Waals surface area contributed by atoms with Crippen molar-refractivity contribution in [1.29, 1.82) is 0 Å². The van der Waals surface area contributed by atoms with E-state index in [2.05, 4.69) is 25.9 Å². The highest BCUT2D eigenvalue weighted by molar-refractivity contribution is 5.94. The molecule has 4 unspecified atom stereocenters. The molecule has 1 aromatic rings. The highest BCUT2D eigenvalue weighted by atomic mass is 16.4. The van der Waals surface area contributed by atoms with Crippen LogP contribution in [0.25, 0.3) is 0 Å². The van der Waals surface area contributed by atoms with E-state index in [0.29, 0.717) is 5.69 Å². The van der Waals surface area contributed by atoms with Crippen LogP contribution in [0.2, 0.25) is 0 Å². The first-order chi connectivity index (χ1) is 14.9. The van der Waals surface area contributed by atoms with Gasteiger partial charge in [-0.3, -0.25) is 19.2 Å². The molecule has 13 nitrogen and oxygen atoms in total. The number of primary amides is 1. The number of carboxylic acid groups (broad SMARTS) is 1. The van der Waals surface area contributed by atoms with Crippen LogP contribution in [0.15, 0.2) is 12.5 Å². The van der Waals surface area contributed by atoms with Gasteiger partial charge in [-0.2, -0.15) is 0 Å². The van der Waals surface area contributed by atoms with Crippen LogP contribution in [-0.2, 0) is 30.4 Å². The molecular weight excluding hydrogens is 422 g/mol. The summed E-state index contributed by atoms with van der Waals surface area (Å²) in [5, 5.41) is 16.5. The fourth-order valence-electron chi connectivity index (χ4n) is 2.78. The maximum absolute atomic E-state index is 12.9. The predicted octanol–water partition coefficient (Wildman–Crippen LogP) is -2.24. The van der Waals surface area contributed by atoms with Crippen molar-refractivity contribution in [3.05, 3.63) is 18.2 Å². The fourth-order valence-corrected chi connectivity index (χ4v) is 2.78. The van der Waals surface area contributed by atoms with Gasteiger partial charge in [0.1, 0.15) is 18.1 Å². The molecule has 0 radical (unpaired) electrons. The maximum atomic E-state index is 12.9. The van der Waals surface area contributed by atoms with Gasteiger partial charge in [-0.15, -0.1) is 0 Å². The Morgan fingerprint density at radius 2 is 1.56 bits per heavy atom. The highest BCUT2D eigenvalue weighted by Crippen LogP contribution is 2.08. The number of carbonyl (C=O) groups excluding carboxylic acids is 4. The van der Waals surface area contributed by atoms with Crippen molar-refractivity contribution in [3.8, 4) is 0 Å². The van der Waals surface area contributed by atoms with Crippen molar-refractivity contribution in [1.82, 2.24) is 25.9 Å². The average Bonchev–Trinajstić information content (AvgIpc) is 3.18. The number of H-pyrrole nitrogens is 1. The zero-order chi connectivity index (χ0) is 24.4. The summed E-state index contributed by atoms with van der Waals surface area (Å²) in [6, 6.07) is -4.59. The molecule has 0 saturated carbocycles. The average molecular weight is 454 g/mol. The van der Waals surface area contributed by atoms with Crippen LogP contribution in [0, 0.1) is 5.92 Å². The number of aromatic nitrogens is 2. The number of rotatable bonds is 13. The predicted molar refractivity (Wildman–Crippen MR) is 113 cm³/mol. The third kappa shape index (κ3) is 9.12. The Hall–Kier alpha value is -3.48. The molecule has 0 spiro atoms. The van der Waals surface area contributed by atoms with Crippen LogP contribution in [0.3, 0.4) is 0 Å². The monoisotopic (exact) mass is 453 g/mol. The Morgan fingerprint density at radius 3 is 2.03 bits per heavy atom. The normalized spacial score (nSPS) is 14.7. The van der Waals surface area contributed by atoms with Gasteiger partial charge in [0, 0.05) is 18.3 Å². The van der Waals surface area contributed by atoms with Crippen molar-refractivity contribution in [2.75, 3.05) is 0 Å². The summed E-state index contributed by atoms with van der Waals surface area (Å²) in [7, 11) is 0. The largest absolute Gasteiger partial charge is 0.480 e. The minimum absolute atomic E-state index is 0.0461. The Labute approximate surface area is 185 Å². The molecular formula is C19H31N7O6. The highest BCUT2D eigenvalue weighted by Gasteiger charge is 2.31. The van der Waals surface area contributed by atoms with Crippen molar-refractivity contribution in [3.63, 3.8) is 0 Å². The van der Waals surface area contributed by atoms with Crippen LogP contribution >= 0.6 is 0 Å². The Bertz CT molecular complexity index is 809. The van der Waals surface area contributed by atoms with Crippen LogP contribution in [0.1, 0.15) is 39.3 Å². The van der Waals surface area contributed by atoms with E-state index in [1.54, 1.807) is 0 Å². The number of carbonyl (C=O) groups is 5. The van der Waals surface area contributed by atoms with Gasteiger partial charge in [0.25, 0.3) is 0 Å². The van der Waals surface area contributed by atoms with Crippen molar-refractivity contribution in [2.45, 2.75) is 64.2 Å². The summed E-state index contributed by atoms with van der Waals surface area (Å²) in [6.07, 6.45) is 2.53. The number of carboxylic acids is 1. The van der Waals surface area contributed by atoms with Crippen molar-refractivity contribution in [2.24, 2.45) is 17.4 Å². The Morgan fingerprint density at radius 1 is 1.00 bits per heavy atom. The van der Waals surface area contributed by atoms with Gasteiger partial charge in [0.15, 0.2) is 0 Å². The van der Waals surface area contributed by atoms with E-state index in [-0.39, 0.29) is 18.8 Å². The molecule has 4 atom stereocenters. The van der Waals surface area contributed by atoms with E-state index in [4.69, 9.17) is 11.5 Å². The Balaban J connectivity index is 3.02. The second-order valence-electron chi connectivity index (χ2n) is 7.89. The molecule has 1 aromatic heterocycles. The fraction of sp³-hybridized carbons (Fsp3) is 0.579. The van der Waals surface area contributed by atoms with Gasteiger partial charge in [-0.1, -0.05) is 13.8 Å². The van der Waals surface area contributed by atoms with Gasteiger partial charge in [0.05, 0.1) is 18.8 Å². The van der Waals surface area contributed by atoms with E-state index in [1.165, 1.54) is 19.4 Å². The topological polar surface area (TPSA) is 222 Å². The second-order valence-corrected chi connectivity index (χ2v) is 7.89. The van der Waals surface area contributed by atoms with Crippen LogP contribution in [0.4, 0.5) is 0 Å². The minimum Gasteiger partial charge on any atom is -0.480 e. The number of nitrogens with zero attached hydrogens (tertiary/aromatic N) is 1. The molecule has 9 N–H and O–H groups in total. The molecule has 0 aliphatic carbocycles. The summed E-state index contributed by atoms with van der Waals surface area (Å²) in [5.74, 6) is -4.42. The van der Waals surface area contributed by atoms with E-state index in [9.17, 15) is 29.1 Å². The van der Waals surface area contributed by atoms with E-state index in [0.717, 1.165) is 0 Å². The SMILES string of the molecule is CC(C)CC(NC(=O)C(Cc1cnc[nH]1)NC(=O)C(C)N)C(=O)NC(CC(N)=O)C(=O)O. The number of nitrogens with two attached hydrogens (primary N) is 2. The Kier molecular flexibility index (Phi) is 10.3.